The smallest absolute Gasteiger partial charge is 0.156 e. The zero-order valence-electron chi connectivity index (χ0n) is 9.72. The summed E-state index contributed by atoms with van der Waals surface area (Å²) in [5, 5.41) is 18.9. The van der Waals surface area contributed by atoms with Gasteiger partial charge in [0, 0.05) is 12.7 Å². The third-order valence-electron chi connectivity index (χ3n) is 2.37. The quantitative estimate of drug-likeness (QED) is 0.281. The highest BCUT2D eigenvalue weighted by atomic mass is 16.4. The van der Waals surface area contributed by atoms with Crippen molar-refractivity contribution in [1.29, 1.82) is 0 Å². The minimum Gasteiger partial charge on any atom is -0.409 e. The molecule has 0 bridgehead atoms. The number of nitrogens with two attached hydrogens (primary N) is 1. The molecule has 0 spiro atoms. The monoisotopic (exact) mass is 225 g/mol. The van der Waals surface area contributed by atoms with Crippen molar-refractivity contribution < 1.29 is 5.21 Å². The van der Waals surface area contributed by atoms with E-state index in [1.807, 2.05) is 30.9 Å². The maximum absolute atomic E-state index is 8.56. The van der Waals surface area contributed by atoms with Gasteiger partial charge in [0.25, 0.3) is 0 Å². The summed E-state index contributed by atoms with van der Waals surface area (Å²) in [5.41, 5.74) is 6.67. The van der Waals surface area contributed by atoms with E-state index in [1.165, 1.54) is 0 Å². The van der Waals surface area contributed by atoms with Crippen LogP contribution in [-0.4, -0.2) is 33.4 Å². The van der Waals surface area contributed by atoms with E-state index in [4.69, 9.17) is 10.9 Å². The van der Waals surface area contributed by atoms with Crippen molar-refractivity contribution in [2.45, 2.75) is 32.9 Å². The molecule has 0 aliphatic carbocycles. The topological polar surface area (TPSA) is 88.5 Å². The summed E-state index contributed by atoms with van der Waals surface area (Å²) in [5.74, 6) is 0.221. The first-order valence-corrected chi connectivity index (χ1v) is 5.37. The molecule has 0 radical (unpaired) electrons. The highest BCUT2D eigenvalue weighted by Gasteiger charge is 2.09. The first kappa shape index (κ1) is 12.5. The van der Waals surface area contributed by atoms with Crippen LogP contribution in [0.25, 0.3) is 0 Å². The van der Waals surface area contributed by atoms with Gasteiger partial charge in [-0.25, -0.2) is 0 Å². The van der Waals surface area contributed by atoms with Crippen LogP contribution in [0.2, 0.25) is 0 Å². The second-order valence-electron chi connectivity index (χ2n) is 3.72. The van der Waals surface area contributed by atoms with Gasteiger partial charge in [-0.05, 0) is 18.9 Å². The van der Waals surface area contributed by atoms with Crippen molar-refractivity contribution in [3.05, 3.63) is 18.0 Å². The molecule has 1 atom stereocenters. The van der Waals surface area contributed by atoms with Crippen LogP contribution < -0.4 is 11.1 Å². The standard InChI is InChI=1S/C10H19N5O/c1-3-9(10(11)14-16)12-4-5-15-7-8(2)6-13-15/h6-7,9,12,16H,3-5H2,1-2H3,(H2,11,14). The van der Waals surface area contributed by atoms with Crippen molar-refractivity contribution >= 4 is 5.84 Å². The molecule has 0 saturated carbocycles. The molecule has 0 amide bonds. The Hall–Kier alpha value is -1.56. The Morgan fingerprint density at radius 2 is 2.50 bits per heavy atom. The molecule has 0 aromatic carbocycles. The molecule has 4 N–H and O–H groups in total. The maximum atomic E-state index is 8.56. The van der Waals surface area contributed by atoms with Crippen LogP contribution >= 0.6 is 0 Å². The summed E-state index contributed by atoms with van der Waals surface area (Å²) in [6.45, 7) is 5.48. The van der Waals surface area contributed by atoms with Crippen LogP contribution in [0.4, 0.5) is 0 Å². The molecule has 6 heteroatoms. The molecule has 1 aromatic rings. The minimum absolute atomic E-state index is 0.0818. The largest absolute Gasteiger partial charge is 0.409 e. The van der Waals surface area contributed by atoms with Gasteiger partial charge in [0.2, 0.25) is 0 Å². The second kappa shape index (κ2) is 6.12. The van der Waals surface area contributed by atoms with Crippen molar-refractivity contribution in [2.75, 3.05) is 6.54 Å². The molecular formula is C10H19N5O. The second-order valence-corrected chi connectivity index (χ2v) is 3.72. The van der Waals surface area contributed by atoms with Gasteiger partial charge in [-0.1, -0.05) is 12.1 Å². The van der Waals surface area contributed by atoms with E-state index in [0.717, 1.165) is 25.1 Å². The van der Waals surface area contributed by atoms with Gasteiger partial charge in [-0.2, -0.15) is 5.10 Å². The minimum atomic E-state index is -0.0818. The van der Waals surface area contributed by atoms with E-state index >= 15 is 0 Å². The van der Waals surface area contributed by atoms with Crippen molar-refractivity contribution in [2.24, 2.45) is 10.9 Å². The number of rotatable bonds is 6. The lowest BCUT2D eigenvalue weighted by Gasteiger charge is -2.14. The molecule has 1 aromatic heterocycles. The number of hydrogen-bond donors (Lipinski definition) is 3. The first-order valence-electron chi connectivity index (χ1n) is 5.37. The van der Waals surface area contributed by atoms with E-state index < -0.39 is 0 Å². The fourth-order valence-corrected chi connectivity index (χ4v) is 1.47. The van der Waals surface area contributed by atoms with E-state index in [0.29, 0.717) is 0 Å². The molecule has 1 rings (SSSR count). The van der Waals surface area contributed by atoms with E-state index in [-0.39, 0.29) is 11.9 Å². The van der Waals surface area contributed by atoms with Crippen LogP contribution in [0.1, 0.15) is 18.9 Å². The van der Waals surface area contributed by atoms with Crippen molar-refractivity contribution in [3.63, 3.8) is 0 Å². The molecule has 6 nitrogen and oxygen atoms in total. The van der Waals surface area contributed by atoms with Crippen LogP contribution in [-0.2, 0) is 6.54 Å². The third-order valence-corrected chi connectivity index (χ3v) is 2.37. The predicted molar refractivity (Wildman–Crippen MR) is 62.5 cm³/mol. The SMILES string of the molecule is CCC(NCCn1cc(C)cn1)/C(N)=N/O. The molecule has 0 fully saturated rings. The van der Waals surface area contributed by atoms with Gasteiger partial charge >= 0.3 is 0 Å². The Bertz CT molecular complexity index is 347. The third kappa shape index (κ3) is 3.54. The van der Waals surface area contributed by atoms with Gasteiger partial charge in [0.1, 0.15) is 0 Å². The van der Waals surface area contributed by atoms with Crippen LogP contribution in [0.15, 0.2) is 17.5 Å². The molecular weight excluding hydrogens is 206 g/mol. The fourth-order valence-electron chi connectivity index (χ4n) is 1.47. The van der Waals surface area contributed by atoms with E-state index in [2.05, 4.69) is 15.6 Å². The van der Waals surface area contributed by atoms with Crippen molar-refractivity contribution in [3.8, 4) is 0 Å². The summed E-state index contributed by atoms with van der Waals surface area (Å²) in [7, 11) is 0. The normalized spacial score (nSPS) is 14.0. The molecule has 0 aliphatic heterocycles. The summed E-state index contributed by atoms with van der Waals surface area (Å²) in [4.78, 5) is 0. The average molecular weight is 225 g/mol. The lowest BCUT2D eigenvalue weighted by molar-refractivity contribution is 0.314. The average Bonchev–Trinajstić information content (AvgIpc) is 2.69. The van der Waals surface area contributed by atoms with Gasteiger partial charge in [0.15, 0.2) is 5.84 Å². The van der Waals surface area contributed by atoms with Crippen LogP contribution in [0.5, 0.6) is 0 Å². The molecule has 1 unspecified atom stereocenters. The molecule has 0 saturated heterocycles. The Kier molecular flexibility index (Phi) is 4.78. The molecule has 1 heterocycles. The van der Waals surface area contributed by atoms with Gasteiger partial charge in [-0.15, -0.1) is 0 Å². The summed E-state index contributed by atoms with van der Waals surface area (Å²) in [6, 6.07) is -0.0818. The summed E-state index contributed by atoms with van der Waals surface area (Å²) < 4.78 is 1.86. The predicted octanol–water partition coefficient (Wildman–Crippen LogP) is 0.306. The first-order chi connectivity index (χ1) is 7.67. The number of aryl methyl sites for hydroxylation is 1. The van der Waals surface area contributed by atoms with Gasteiger partial charge in [-0.3, -0.25) is 4.68 Å². The summed E-state index contributed by atoms with van der Waals surface area (Å²) in [6.07, 6.45) is 4.58. The molecule has 16 heavy (non-hydrogen) atoms. The highest BCUT2D eigenvalue weighted by molar-refractivity contribution is 5.85. The zero-order chi connectivity index (χ0) is 12.0. The van der Waals surface area contributed by atoms with E-state index in [9.17, 15) is 0 Å². The maximum Gasteiger partial charge on any atom is 0.156 e. The van der Waals surface area contributed by atoms with Gasteiger partial charge < -0.3 is 16.3 Å². The van der Waals surface area contributed by atoms with Crippen molar-refractivity contribution in [1.82, 2.24) is 15.1 Å². The Labute approximate surface area is 95.1 Å². The van der Waals surface area contributed by atoms with Gasteiger partial charge in [0.05, 0.1) is 18.8 Å². The number of oxime groups is 1. The number of nitrogens with zero attached hydrogens (tertiary/aromatic N) is 3. The number of hydrogen-bond acceptors (Lipinski definition) is 4. The fraction of sp³-hybridized carbons (Fsp3) is 0.600. The highest BCUT2D eigenvalue weighted by Crippen LogP contribution is 1.94. The molecule has 90 valence electrons. The van der Waals surface area contributed by atoms with E-state index in [1.54, 1.807) is 0 Å². The van der Waals surface area contributed by atoms with Crippen LogP contribution in [0, 0.1) is 6.92 Å². The number of amidine groups is 1. The summed E-state index contributed by atoms with van der Waals surface area (Å²) >= 11 is 0. The Morgan fingerprint density at radius 3 is 3.00 bits per heavy atom. The number of nitrogens with one attached hydrogen (secondary N) is 1. The lowest BCUT2D eigenvalue weighted by Crippen LogP contribution is -2.42. The zero-order valence-corrected chi connectivity index (χ0v) is 9.72. The Morgan fingerprint density at radius 1 is 1.75 bits per heavy atom. The Balaban J connectivity index is 2.34. The van der Waals surface area contributed by atoms with Crippen LogP contribution in [0.3, 0.4) is 0 Å². The lowest BCUT2D eigenvalue weighted by atomic mass is 10.2. The molecule has 0 aliphatic rings. The number of aromatic nitrogens is 2.